The van der Waals surface area contributed by atoms with Crippen molar-refractivity contribution in [1.29, 1.82) is 0 Å². The monoisotopic (exact) mass is 520 g/mol. The van der Waals surface area contributed by atoms with Crippen LogP contribution < -0.4 is 0 Å². The molecule has 0 N–H and O–H groups in total. The SMILES string of the molecule is c1ccc2c(c1)SC(=C1SC3=C(SCCOCCOCCOCCOCCS3)S1)S2. The van der Waals surface area contributed by atoms with E-state index in [9.17, 15) is 0 Å². The average molecular weight is 521 g/mol. The maximum absolute atomic E-state index is 5.72. The molecule has 30 heavy (non-hydrogen) atoms. The van der Waals surface area contributed by atoms with Crippen LogP contribution in [0.1, 0.15) is 0 Å². The molecule has 3 heterocycles. The summed E-state index contributed by atoms with van der Waals surface area (Å²) in [6.45, 7) is 5.18. The highest BCUT2D eigenvalue weighted by atomic mass is 32.3. The normalized spacial score (nSPS) is 23.1. The molecule has 0 aromatic heterocycles. The van der Waals surface area contributed by atoms with Crippen molar-refractivity contribution in [2.75, 3.05) is 64.4 Å². The quantitative estimate of drug-likeness (QED) is 0.397. The van der Waals surface area contributed by atoms with Crippen molar-refractivity contribution in [2.24, 2.45) is 0 Å². The molecule has 3 aliphatic heterocycles. The van der Waals surface area contributed by atoms with E-state index in [2.05, 4.69) is 24.3 Å². The van der Waals surface area contributed by atoms with Gasteiger partial charge in [0.05, 0.1) is 69.8 Å². The van der Waals surface area contributed by atoms with Crippen LogP contribution in [0.3, 0.4) is 0 Å². The first-order valence-corrected chi connectivity index (χ1v) is 15.0. The molecule has 164 valence electrons. The molecule has 0 unspecified atom stereocenters. The van der Waals surface area contributed by atoms with Crippen molar-refractivity contribution in [3.8, 4) is 0 Å². The summed E-state index contributed by atoms with van der Waals surface area (Å²) in [4.78, 5) is 2.73. The van der Waals surface area contributed by atoms with Crippen LogP contribution in [0.15, 0.2) is 51.0 Å². The Morgan fingerprint density at radius 1 is 0.467 bits per heavy atom. The summed E-state index contributed by atoms with van der Waals surface area (Å²) in [7, 11) is 0. The van der Waals surface area contributed by atoms with E-state index in [1.165, 1.54) is 26.7 Å². The van der Waals surface area contributed by atoms with Crippen molar-refractivity contribution < 1.29 is 18.9 Å². The number of thioether (sulfide) groups is 6. The van der Waals surface area contributed by atoms with E-state index in [0.717, 1.165) is 24.7 Å². The van der Waals surface area contributed by atoms with Gasteiger partial charge in [-0.3, -0.25) is 0 Å². The van der Waals surface area contributed by atoms with Crippen LogP contribution in [0.2, 0.25) is 0 Å². The molecule has 0 saturated heterocycles. The zero-order valence-electron chi connectivity index (χ0n) is 16.5. The fourth-order valence-corrected chi connectivity index (χ4v) is 11.1. The molecule has 0 spiro atoms. The number of fused-ring (bicyclic) bond motifs is 1. The van der Waals surface area contributed by atoms with E-state index in [1.807, 2.05) is 70.6 Å². The van der Waals surface area contributed by atoms with Crippen molar-refractivity contribution >= 4 is 70.6 Å². The minimum atomic E-state index is 0.607. The Labute approximate surface area is 203 Å². The van der Waals surface area contributed by atoms with Crippen LogP contribution in [0.25, 0.3) is 0 Å². The number of hydrogen-bond acceptors (Lipinski definition) is 10. The van der Waals surface area contributed by atoms with Gasteiger partial charge in [0.25, 0.3) is 0 Å². The van der Waals surface area contributed by atoms with Crippen LogP contribution in [0, 0.1) is 0 Å². The Morgan fingerprint density at radius 3 is 1.33 bits per heavy atom. The maximum atomic E-state index is 5.72. The van der Waals surface area contributed by atoms with E-state index in [4.69, 9.17) is 18.9 Å². The van der Waals surface area contributed by atoms with Gasteiger partial charge in [0, 0.05) is 21.3 Å². The highest BCUT2D eigenvalue weighted by Gasteiger charge is 2.28. The Bertz CT molecular complexity index is 710. The zero-order valence-corrected chi connectivity index (χ0v) is 21.4. The molecule has 0 fully saturated rings. The Morgan fingerprint density at radius 2 is 0.867 bits per heavy atom. The van der Waals surface area contributed by atoms with Gasteiger partial charge in [-0.05, 0) is 12.1 Å². The summed E-state index contributed by atoms with van der Waals surface area (Å²) >= 11 is 11.4. The summed E-state index contributed by atoms with van der Waals surface area (Å²) in [5, 5.41) is 0. The van der Waals surface area contributed by atoms with Crippen LogP contribution in [0.4, 0.5) is 0 Å². The van der Waals surface area contributed by atoms with Gasteiger partial charge < -0.3 is 18.9 Å². The summed E-state index contributed by atoms with van der Waals surface area (Å²) in [5.74, 6) is 1.91. The van der Waals surface area contributed by atoms with Crippen LogP contribution in [-0.4, -0.2) is 64.4 Å². The lowest BCUT2D eigenvalue weighted by molar-refractivity contribution is 0.00147. The van der Waals surface area contributed by atoms with Crippen LogP contribution in [0.5, 0.6) is 0 Å². The van der Waals surface area contributed by atoms with Crippen LogP contribution >= 0.6 is 70.6 Å². The van der Waals surface area contributed by atoms with Crippen LogP contribution in [-0.2, 0) is 18.9 Å². The van der Waals surface area contributed by atoms with E-state index in [1.54, 1.807) is 0 Å². The van der Waals surface area contributed by atoms with Crippen molar-refractivity contribution in [1.82, 2.24) is 0 Å². The second-order valence-electron chi connectivity index (χ2n) is 6.15. The standard InChI is InChI=1S/C20H24O4S6/c1-2-4-16-15(3-1)27-19(28-16)20-29-17-18(30-20)26-14-12-24-10-8-22-6-5-21-7-9-23-11-13-25-17/h1-4H,5-14H2. The maximum Gasteiger partial charge on any atom is 0.0717 e. The van der Waals surface area contributed by atoms with E-state index < -0.39 is 0 Å². The van der Waals surface area contributed by atoms with E-state index >= 15 is 0 Å². The summed E-state index contributed by atoms with van der Waals surface area (Å²) in [6, 6.07) is 8.66. The first-order valence-electron chi connectivity index (χ1n) is 9.76. The molecule has 3 aliphatic rings. The molecule has 1 aromatic carbocycles. The van der Waals surface area contributed by atoms with Gasteiger partial charge in [-0.25, -0.2) is 0 Å². The third kappa shape index (κ3) is 7.33. The van der Waals surface area contributed by atoms with Gasteiger partial charge >= 0.3 is 0 Å². The molecular formula is C20H24O4S6. The molecule has 10 heteroatoms. The minimum absolute atomic E-state index is 0.607. The second-order valence-corrected chi connectivity index (χ2v) is 13.5. The first kappa shape index (κ1) is 23.8. The number of hydrogen-bond donors (Lipinski definition) is 0. The predicted molar refractivity (Wildman–Crippen MR) is 136 cm³/mol. The van der Waals surface area contributed by atoms with Crippen molar-refractivity contribution in [3.05, 3.63) is 41.2 Å². The van der Waals surface area contributed by atoms with Gasteiger partial charge in [0.1, 0.15) is 0 Å². The fraction of sp³-hybridized carbons (Fsp3) is 0.500. The van der Waals surface area contributed by atoms with Gasteiger partial charge in [0.2, 0.25) is 0 Å². The van der Waals surface area contributed by atoms with Gasteiger partial charge in [0.15, 0.2) is 0 Å². The molecule has 0 atom stereocenters. The molecule has 4 nitrogen and oxygen atoms in total. The van der Waals surface area contributed by atoms with E-state index in [0.29, 0.717) is 39.6 Å². The first-order chi connectivity index (χ1) is 14.9. The Kier molecular flexibility index (Phi) is 10.6. The van der Waals surface area contributed by atoms with Crippen molar-refractivity contribution in [3.63, 3.8) is 0 Å². The molecule has 0 amide bonds. The average Bonchev–Trinajstić information content (AvgIpc) is 3.37. The molecule has 0 saturated carbocycles. The zero-order chi connectivity index (χ0) is 20.4. The van der Waals surface area contributed by atoms with E-state index in [-0.39, 0.29) is 0 Å². The smallest absolute Gasteiger partial charge is 0.0717 e. The highest BCUT2D eigenvalue weighted by molar-refractivity contribution is 8.42. The predicted octanol–water partition coefficient (Wildman–Crippen LogP) is 6.16. The third-order valence-electron chi connectivity index (χ3n) is 4.00. The lowest BCUT2D eigenvalue weighted by Gasteiger charge is -2.09. The molecule has 4 rings (SSSR count). The van der Waals surface area contributed by atoms with Gasteiger partial charge in [-0.2, -0.15) is 0 Å². The number of rotatable bonds is 0. The van der Waals surface area contributed by atoms with Gasteiger partial charge in [-0.15, -0.1) is 23.5 Å². The third-order valence-corrected chi connectivity index (χ3v) is 12.5. The molecule has 0 aliphatic carbocycles. The number of ether oxygens (including phenoxy) is 4. The molecular weight excluding hydrogens is 497 g/mol. The highest BCUT2D eigenvalue weighted by Crippen LogP contribution is 2.64. The molecule has 1 aromatic rings. The largest absolute Gasteiger partial charge is 0.378 e. The topological polar surface area (TPSA) is 36.9 Å². The summed E-state index contributed by atoms with van der Waals surface area (Å²) < 4.78 is 28.1. The van der Waals surface area contributed by atoms with Gasteiger partial charge in [-0.1, -0.05) is 59.2 Å². The summed E-state index contributed by atoms with van der Waals surface area (Å²) in [5.41, 5.74) is 0. The lowest BCUT2D eigenvalue weighted by Crippen LogP contribution is -2.13. The second kappa shape index (κ2) is 13.4. The van der Waals surface area contributed by atoms with Crippen molar-refractivity contribution in [2.45, 2.75) is 9.79 Å². The minimum Gasteiger partial charge on any atom is -0.378 e. The number of benzene rings is 1. The molecule has 0 bridgehead atoms. The molecule has 0 radical (unpaired) electrons. The lowest BCUT2D eigenvalue weighted by atomic mass is 10.4. The Balaban J connectivity index is 1.35. The summed E-state index contributed by atoms with van der Waals surface area (Å²) in [6.07, 6.45) is 0. The fourth-order valence-electron chi connectivity index (χ4n) is 2.60. The Hall–Kier alpha value is 0.640.